The van der Waals surface area contributed by atoms with Crippen LogP contribution in [0.15, 0.2) is 36.5 Å². The van der Waals surface area contributed by atoms with E-state index in [4.69, 9.17) is 4.74 Å². The van der Waals surface area contributed by atoms with E-state index in [1.807, 2.05) is 6.08 Å². The van der Waals surface area contributed by atoms with E-state index in [1.54, 1.807) is 6.08 Å². The van der Waals surface area contributed by atoms with Gasteiger partial charge in [0.15, 0.2) is 0 Å². The van der Waals surface area contributed by atoms with Gasteiger partial charge in [-0.25, -0.2) is 0 Å². The van der Waals surface area contributed by atoms with Gasteiger partial charge in [0.05, 0.1) is 25.4 Å². The summed E-state index contributed by atoms with van der Waals surface area (Å²) >= 11 is 0. The zero-order valence-electron chi connectivity index (χ0n) is 35.7. The van der Waals surface area contributed by atoms with Crippen LogP contribution in [0.25, 0.3) is 0 Å². The first-order valence-electron chi connectivity index (χ1n) is 23.3. The Balaban J connectivity index is 3.55. The number of esters is 1. The molecule has 54 heavy (non-hydrogen) atoms. The third-order valence-electron chi connectivity index (χ3n) is 10.4. The van der Waals surface area contributed by atoms with Gasteiger partial charge in [-0.2, -0.15) is 0 Å². The minimum Gasteiger partial charge on any atom is -0.466 e. The standard InChI is InChI=1S/C48H89NO5/c1-3-5-7-9-11-13-15-16-17-18-19-20-21-26-30-34-38-42-48(53)54-43-39-35-31-27-23-22-25-29-33-37-41-47(52)49-45(44-50)46(51)40-36-32-28-24-14-12-10-8-6-4-2/h16-17,23,27,36,40,45-46,50-51H,3-15,18-22,24-26,28-35,37-39,41-44H2,1-2H3,(H,49,52)/b17-16-,27-23-,40-36+. The first-order chi connectivity index (χ1) is 26.5. The van der Waals surface area contributed by atoms with E-state index in [9.17, 15) is 19.8 Å². The van der Waals surface area contributed by atoms with Crippen molar-refractivity contribution in [3.63, 3.8) is 0 Å². The van der Waals surface area contributed by atoms with Gasteiger partial charge in [0.2, 0.25) is 5.91 Å². The molecule has 6 heteroatoms. The summed E-state index contributed by atoms with van der Waals surface area (Å²) in [6.07, 6.45) is 51.4. The Kier molecular flexibility index (Phi) is 42.2. The van der Waals surface area contributed by atoms with Gasteiger partial charge >= 0.3 is 5.97 Å². The van der Waals surface area contributed by atoms with Crippen LogP contribution < -0.4 is 5.32 Å². The van der Waals surface area contributed by atoms with Crippen molar-refractivity contribution in [1.82, 2.24) is 5.32 Å². The van der Waals surface area contributed by atoms with Crippen molar-refractivity contribution in [2.45, 2.75) is 244 Å². The Labute approximate surface area is 334 Å². The van der Waals surface area contributed by atoms with Crippen molar-refractivity contribution in [2.75, 3.05) is 13.2 Å². The number of rotatable bonds is 42. The highest BCUT2D eigenvalue weighted by Crippen LogP contribution is 2.13. The summed E-state index contributed by atoms with van der Waals surface area (Å²) in [5.41, 5.74) is 0. The summed E-state index contributed by atoms with van der Waals surface area (Å²) in [5, 5.41) is 22.9. The fourth-order valence-corrected chi connectivity index (χ4v) is 6.74. The second-order valence-electron chi connectivity index (χ2n) is 15.7. The highest BCUT2D eigenvalue weighted by Gasteiger charge is 2.18. The molecule has 0 fully saturated rings. The molecule has 0 rings (SSSR count). The Morgan fingerprint density at radius 1 is 0.500 bits per heavy atom. The van der Waals surface area contributed by atoms with E-state index in [-0.39, 0.29) is 18.5 Å². The molecule has 0 radical (unpaired) electrons. The molecule has 2 unspecified atom stereocenters. The lowest BCUT2D eigenvalue weighted by atomic mass is 10.1. The van der Waals surface area contributed by atoms with Gasteiger partial charge in [0, 0.05) is 12.8 Å². The third-order valence-corrected chi connectivity index (χ3v) is 10.4. The zero-order chi connectivity index (χ0) is 39.4. The zero-order valence-corrected chi connectivity index (χ0v) is 35.7. The highest BCUT2D eigenvalue weighted by atomic mass is 16.5. The molecule has 6 nitrogen and oxygen atoms in total. The average Bonchev–Trinajstić information content (AvgIpc) is 3.17. The van der Waals surface area contributed by atoms with Crippen LogP contribution in [0, 0.1) is 0 Å². The molecule has 0 saturated carbocycles. The normalized spacial score (nSPS) is 13.0. The second-order valence-corrected chi connectivity index (χ2v) is 15.7. The Morgan fingerprint density at radius 2 is 0.870 bits per heavy atom. The van der Waals surface area contributed by atoms with Crippen molar-refractivity contribution >= 4 is 11.9 Å². The molecule has 0 bridgehead atoms. The van der Waals surface area contributed by atoms with Gasteiger partial charge < -0.3 is 20.3 Å². The van der Waals surface area contributed by atoms with E-state index in [1.165, 1.54) is 128 Å². The Bertz CT molecular complexity index is 884. The van der Waals surface area contributed by atoms with Crippen LogP contribution in [0.5, 0.6) is 0 Å². The molecule has 0 aromatic heterocycles. The molecule has 0 aromatic carbocycles. The number of unbranched alkanes of at least 4 members (excludes halogenated alkanes) is 27. The number of hydrogen-bond donors (Lipinski definition) is 3. The van der Waals surface area contributed by atoms with Crippen molar-refractivity contribution in [3.8, 4) is 0 Å². The molecule has 0 aromatic rings. The molecule has 1 amide bonds. The third kappa shape index (κ3) is 39.8. The molecule has 3 N–H and O–H groups in total. The van der Waals surface area contributed by atoms with Crippen molar-refractivity contribution < 1.29 is 24.5 Å². The number of carbonyl (C=O) groups is 2. The van der Waals surface area contributed by atoms with Crippen LogP contribution in [-0.2, 0) is 14.3 Å². The lowest BCUT2D eigenvalue weighted by Gasteiger charge is -2.20. The monoisotopic (exact) mass is 760 g/mol. The molecule has 2 atom stereocenters. The molecular weight excluding hydrogens is 671 g/mol. The van der Waals surface area contributed by atoms with Gasteiger partial charge in [-0.05, 0) is 83.5 Å². The minimum atomic E-state index is -0.864. The average molecular weight is 760 g/mol. The first-order valence-corrected chi connectivity index (χ1v) is 23.3. The highest BCUT2D eigenvalue weighted by molar-refractivity contribution is 5.76. The largest absolute Gasteiger partial charge is 0.466 e. The quantitative estimate of drug-likeness (QED) is 0.0327. The van der Waals surface area contributed by atoms with Gasteiger partial charge in [-0.1, -0.05) is 172 Å². The van der Waals surface area contributed by atoms with E-state index in [0.717, 1.165) is 77.0 Å². The van der Waals surface area contributed by atoms with Crippen LogP contribution in [-0.4, -0.2) is 47.4 Å². The van der Waals surface area contributed by atoms with Crippen molar-refractivity contribution in [3.05, 3.63) is 36.5 Å². The molecule has 0 aliphatic carbocycles. The van der Waals surface area contributed by atoms with Crippen molar-refractivity contribution in [1.29, 1.82) is 0 Å². The smallest absolute Gasteiger partial charge is 0.305 e. The number of nitrogens with one attached hydrogen (secondary N) is 1. The van der Waals surface area contributed by atoms with Gasteiger partial charge in [0.25, 0.3) is 0 Å². The summed E-state index contributed by atoms with van der Waals surface area (Å²) in [5.74, 6) is -0.151. The summed E-state index contributed by atoms with van der Waals surface area (Å²) in [7, 11) is 0. The van der Waals surface area contributed by atoms with E-state index >= 15 is 0 Å². The summed E-state index contributed by atoms with van der Waals surface area (Å²) in [6, 6.07) is -0.651. The summed E-state index contributed by atoms with van der Waals surface area (Å²) in [4.78, 5) is 24.4. The summed E-state index contributed by atoms with van der Waals surface area (Å²) < 4.78 is 5.43. The SMILES string of the molecule is CCCCCCCC/C=C\CCCCCCCCCC(=O)OCCCC/C=C\CCCCCCC(=O)NC(CO)C(O)/C=C/CCCCCCCCCC. The Morgan fingerprint density at radius 3 is 1.31 bits per heavy atom. The topological polar surface area (TPSA) is 95.9 Å². The van der Waals surface area contributed by atoms with E-state index in [0.29, 0.717) is 19.4 Å². The second kappa shape index (κ2) is 43.8. The van der Waals surface area contributed by atoms with Crippen LogP contribution in [0.4, 0.5) is 0 Å². The minimum absolute atomic E-state index is 0.0432. The van der Waals surface area contributed by atoms with Crippen LogP contribution >= 0.6 is 0 Å². The number of amides is 1. The molecule has 316 valence electrons. The fourth-order valence-electron chi connectivity index (χ4n) is 6.74. The number of aliphatic hydroxyl groups is 2. The molecule has 0 saturated heterocycles. The number of allylic oxidation sites excluding steroid dienone is 5. The number of hydrogen-bond acceptors (Lipinski definition) is 5. The lowest BCUT2D eigenvalue weighted by Crippen LogP contribution is -2.45. The maximum absolute atomic E-state index is 12.3. The van der Waals surface area contributed by atoms with Crippen molar-refractivity contribution in [2.24, 2.45) is 0 Å². The molecular formula is C48H89NO5. The Hall–Kier alpha value is -1.92. The predicted octanol–water partition coefficient (Wildman–Crippen LogP) is 13.3. The first kappa shape index (κ1) is 52.1. The number of carbonyl (C=O) groups excluding carboxylic acids is 2. The van der Waals surface area contributed by atoms with Crippen LogP contribution in [0.1, 0.15) is 232 Å². The molecule has 0 spiro atoms. The fraction of sp³-hybridized carbons (Fsp3) is 0.833. The summed E-state index contributed by atoms with van der Waals surface area (Å²) in [6.45, 7) is 4.77. The predicted molar refractivity (Wildman–Crippen MR) is 232 cm³/mol. The van der Waals surface area contributed by atoms with Crippen LogP contribution in [0.2, 0.25) is 0 Å². The van der Waals surface area contributed by atoms with Gasteiger partial charge in [-0.3, -0.25) is 9.59 Å². The van der Waals surface area contributed by atoms with Crippen LogP contribution in [0.3, 0.4) is 0 Å². The van der Waals surface area contributed by atoms with Gasteiger partial charge in [0.1, 0.15) is 0 Å². The van der Waals surface area contributed by atoms with Gasteiger partial charge in [-0.15, -0.1) is 0 Å². The molecule has 0 aliphatic heterocycles. The maximum Gasteiger partial charge on any atom is 0.305 e. The maximum atomic E-state index is 12.3. The van der Waals surface area contributed by atoms with E-state index < -0.39 is 12.1 Å². The molecule has 0 aliphatic rings. The number of ether oxygens (including phenoxy) is 1. The number of aliphatic hydroxyl groups excluding tert-OH is 2. The molecule has 0 heterocycles. The van der Waals surface area contributed by atoms with E-state index in [2.05, 4.69) is 43.5 Å². The lowest BCUT2D eigenvalue weighted by molar-refractivity contribution is -0.143.